The summed E-state index contributed by atoms with van der Waals surface area (Å²) >= 11 is 0. The van der Waals surface area contributed by atoms with Crippen molar-refractivity contribution in [3.8, 4) is 5.75 Å². The number of benzene rings is 1. The van der Waals surface area contributed by atoms with Crippen LogP contribution in [-0.2, 0) is 6.54 Å². The van der Waals surface area contributed by atoms with Crippen LogP contribution in [0.2, 0.25) is 0 Å². The summed E-state index contributed by atoms with van der Waals surface area (Å²) in [5.41, 5.74) is 3.96. The van der Waals surface area contributed by atoms with Gasteiger partial charge in [-0.05, 0) is 63.2 Å². The molecule has 1 fully saturated rings. The number of phenols is 1. The van der Waals surface area contributed by atoms with Gasteiger partial charge < -0.3 is 19.0 Å². The first kappa shape index (κ1) is 20.3. The van der Waals surface area contributed by atoms with Gasteiger partial charge >= 0.3 is 0 Å². The molecule has 3 aromatic rings. The lowest BCUT2D eigenvalue weighted by molar-refractivity contribution is 0.0829. The van der Waals surface area contributed by atoms with E-state index in [1.807, 2.05) is 51.1 Å². The average Bonchev–Trinajstić information content (AvgIpc) is 3.37. The molecule has 1 N–H and O–H groups in total. The SMILES string of the molecule is Cc1cc(C(=O)[C@H](C)N2CCN(c3ccc(O)cc3)CC2)c(C)n1Cc1ccco1. The molecule has 0 unspecified atom stereocenters. The Morgan fingerprint density at radius 1 is 1.10 bits per heavy atom. The van der Waals surface area contributed by atoms with Crippen molar-refractivity contribution < 1.29 is 14.3 Å². The third kappa shape index (κ3) is 4.00. The van der Waals surface area contributed by atoms with Gasteiger partial charge in [0.25, 0.3) is 0 Å². The number of ketones is 1. The van der Waals surface area contributed by atoms with Gasteiger partial charge in [0.05, 0.1) is 18.8 Å². The van der Waals surface area contributed by atoms with Crippen LogP contribution in [0.25, 0.3) is 0 Å². The number of Topliss-reactive ketones (excluding diaryl/α,β-unsaturated/α-hetero) is 1. The second-order valence-corrected chi connectivity index (χ2v) is 8.03. The number of piperazine rings is 1. The molecule has 1 aromatic carbocycles. The van der Waals surface area contributed by atoms with Crippen LogP contribution in [0.1, 0.15) is 34.4 Å². The van der Waals surface area contributed by atoms with Crippen LogP contribution in [0.15, 0.2) is 53.1 Å². The number of aromatic hydroxyl groups is 1. The summed E-state index contributed by atoms with van der Waals surface area (Å²) in [5.74, 6) is 1.34. The predicted molar refractivity (Wildman–Crippen MR) is 117 cm³/mol. The van der Waals surface area contributed by atoms with Crippen LogP contribution in [0.3, 0.4) is 0 Å². The predicted octanol–water partition coefficient (Wildman–Crippen LogP) is 3.85. The number of carbonyl (C=O) groups is 1. The van der Waals surface area contributed by atoms with Gasteiger partial charge in [0.2, 0.25) is 0 Å². The molecular formula is C24H29N3O3. The number of furan rings is 1. The monoisotopic (exact) mass is 407 g/mol. The summed E-state index contributed by atoms with van der Waals surface area (Å²) in [6.45, 7) is 10.1. The molecule has 158 valence electrons. The average molecular weight is 408 g/mol. The number of carbonyl (C=O) groups excluding carboxylic acids is 1. The van der Waals surface area contributed by atoms with Gasteiger partial charge in [0.1, 0.15) is 11.5 Å². The smallest absolute Gasteiger partial charge is 0.181 e. The standard InChI is InChI=1S/C24H29N3O3/c1-17-15-23(18(2)27(17)16-22-5-4-14-30-22)24(29)19(3)25-10-12-26(13-11-25)20-6-8-21(28)9-7-20/h4-9,14-15,19,28H,10-13,16H2,1-3H3/t19-/m0/s1. The molecule has 6 nitrogen and oxygen atoms in total. The van der Waals surface area contributed by atoms with Gasteiger partial charge in [-0.25, -0.2) is 0 Å². The summed E-state index contributed by atoms with van der Waals surface area (Å²) < 4.78 is 7.62. The first-order valence-corrected chi connectivity index (χ1v) is 10.5. The van der Waals surface area contributed by atoms with Gasteiger partial charge in [-0.2, -0.15) is 0 Å². The van der Waals surface area contributed by atoms with Crippen molar-refractivity contribution in [2.75, 3.05) is 31.1 Å². The quantitative estimate of drug-likeness (QED) is 0.629. The number of aromatic nitrogens is 1. The summed E-state index contributed by atoms with van der Waals surface area (Å²) in [6, 6.07) is 13.0. The highest BCUT2D eigenvalue weighted by Crippen LogP contribution is 2.23. The highest BCUT2D eigenvalue weighted by atomic mass is 16.3. The molecule has 1 aliphatic heterocycles. The van der Waals surface area contributed by atoms with Gasteiger partial charge in [-0.15, -0.1) is 0 Å². The van der Waals surface area contributed by atoms with E-state index in [9.17, 15) is 9.90 Å². The molecule has 0 spiro atoms. The minimum Gasteiger partial charge on any atom is -0.508 e. The maximum atomic E-state index is 13.3. The first-order chi connectivity index (χ1) is 14.4. The van der Waals surface area contributed by atoms with E-state index in [-0.39, 0.29) is 17.6 Å². The lowest BCUT2D eigenvalue weighted by Gasteiger charge is -2.38. The van der Waals surface area contributed by atoms with E-state index in [2.05, 4.69) is 14.4 Å². The number of rotatable bonds is 6. The lowest BCUT2D eigenvalue weighted by Crippen LogP contribution is -2.51. The molecule has 30 heavy (non-hydrogen) atoms. The fourth-order valence-corrected chi connectivity index (χ4v) is 4.27. The van der Waals surface area contributed by atoms with Crippen LogP contribution >= 0.6 is 0 Å². The largest absolute Gasteiger partial charge is 0.508 e. The van der Waals surface area contributed by atoms with Crippen molar-refractivity contribution in [2.24, 2.45) is 0 Å². The molecular weight excluding hydrogens is 378 g/mol. The molecule has 0 saturated carbocycles. The van der Waals surface area contributed by atoms with Crippen molar-refractivity contribution in [3.63, 3.8) is 0 Å². The number of phenolic OH excluding ortho intramolecular Hbond substituents is 1. The van der Waals surface area contributed by atoms with E-state index >= 15 is 0 Å². The van der Waals surface area contributed by atoms with E-state index in [1.165, 1.54) is 0 Å². The van der Waals surface area contributed by atoms with Crippen LogP contribution in [-0.4, -0.2) is 52.6 Å². The molecule has 1 atom stereocenters. The van der Waals surface area contributed by atoms with E-state index in [4.69, 9.17) is 4.42 Å². The Hall–Kier alpha value is -2.99. The van der Waals surface area contributed by atoms with Crippen LogP contribution < -0.4 is 4.90 Å². The summed E-state index contributed by atoms with van der Waals surface area (Å²) in [4.78, 5) is 17.9. The zero-order valence-electron chi connectivity index (χ0n) is 17.8. The highest BCUT2D eigenvalue weighted by Gasteiger charge is 2.28. The van der Waals surface area contributed by atoms with Crippen LogP contribution in [0, 0.1) is 13.8 Å². The molecule has 3 heterocycles. The van der Waals surface area contributed by atoms with Gasteiger partial charge in [-0.1, -0.05) is 0 Å². The van der Waals surface area contributed by atoms with E-state index < -0.39 is 0 Å². The second-order valence-electron chi connectivity index (χ2n) is 8.03. The fourth-order valence-electron chi connectivity index (χ4n) is 4.27. The zero-order chi connectivity index (χ0) is 21.3. The molecule has 0 radical (unpaired) electrons. The Morgan fingerprint density at radius 3 is 2.43 bits per heavy atom. The van der Waals surface area contributed by atoms with Crippen LogP contribution in [0.5, 0.6) is 5.75 Å². The topological polar surface area (TPSA) is 61.9 Å². The fraction of sp³-hybridized carbons (Fsp3) is 0.375. The molecule has 4 rings (SSSR count). The summed E-state index contributed by atoms with van der Waals surface area (Å²) in [5, 5.41) is 9.48. The third-order valence-corrected chi connectivity index (χ3v) is 6.19. The van der Waals surface area contributed by atoms with Gasteiger partial charge in [0.15, 0.2) is 5.78 Å². The molecule has 6 heteroatoms. The van der Waals surface area contributed by atoms with Crippen LogP contribution in [0.4, 0.5) is 5.69 Å². The zero-order valence-corrected chi connectivity index (χ0v) is 17.8. The molecule has 1 saturated heterocycles. The molecule has 0 amide bonds. The summed E-state index contributed by atoms with van der Waals surface area (Å²) in [7, 11) is 0. The Balaban J connectivity index is 1.42. The Morgan fingerprint density at radius 2 is 1.80 bits per heavy atom. The lowest BCUT2D eigenvalue weighted by atomic mass is 10.0. The van der Waals surface area contributed by atoms with E-state index in [0.29, 0.717) is 6.54 Å². The molecule has 2 aromatic heterocycles. The maximum absolute atomic E-state index is 13.3. The highest BCUT2D eigenvalue weighted by molar-refractivity contribution is 6.01. The Kier molecular flexibility index (Phi) is 5.68. The van der Waals surface area contributed by atoms with Gasteiger partial charge in [-0.3, -0.25) is 9.69 Å². The normalized spacial score (nSPS) is 16.0. The Bertz CT molecular complexity index is 997. The van der Waals surface area contributed by atoms with Gasteiger partial charge in [0, 0.05) is 48.8 Å². The summed E-state index contributed by atoms with van der Waals surface area (Å²) in [6.07, 6.45) is 1.68. The third-order valence-electron chi connectivity index (χ3n) is 6.19. The molecule has 1 aliphatic rings. The minimum atomic E-state index is -0.162. The molecule has 0 aliphatic carbocycles. The first-order valence-electron chi connectivity index (χ1n) is 10.5. The number of aryl methyl sites for hydroxylation is 1. The van der Waals surface area contributed by atoms with E-state index in [0.717, 1.165) is 54.6 Å². The number of hydrogen-bond donors (Lipinski definition) is 1. The second kappa shape index (κ2) is 8.40. The molecule has 0 bridgehead atoms. The Labute approximate surface area is 177 Å². The maximum Gasteiger partial charge on any atom is 0.181 e. The van der Waals surface area contributed by atoms with Crippen molar-refractivity contribution in [1.29, 1.82) is 0 Å². The minimum absolute atomic E-state index is 0.162. The number of anilines is 1. The van der Waals surface area contributed by atoms with Crippen molar-refractivity contribution in [2.45, 2.75) is 33.4 Å². The number of nitrogens with zero attached hydrogens (tertiary/aromatic N) is 3. The van der Waals surface area contributed by atoms with Crippen molar-refractivity contribution in [1.82, 2.24) is 9.47 Å². The van der Waals surface area contributed by atoms with E-state index in [1.54, 1.807) is 18.4 Å². The van der Waals surface area contributed by atoms with Crippen molar-refractivity contribution in [3.05, 3.63) is 71.4 Å². The van der Waals surface area contributed by atoms with Crippen molar-refractivity contribution >= 4 is 11.5 Å². The number of hydrogen-bond acceptors (Lipinski definition) is 5.